The number of aryl methyl sites for hydroxylation is 1. The number of nitrogen functional groups attached to an aromatic ring is 1. The van der Waals surface area contributed by atoms with Crippen molar-refractivity contribution in [3.63, 3.8) is 0 Å². The van der Waals surface area contributed by atoms with Crippen LogP contribution in [0.5, 0.6) is 11.5 Å². The number of nitrogens with zero attached hydrogens (tertiary/aromatic N) is 2. The number of ketones is 1. The van der Waals surface area contributed by atoms with Crippen LogP contribution in [0.25, 0.3) is 0 Å². The Labute approximate surface area is 166 Å². The zero-order valence-electron chi connectivity index (χ0n) is 16.7. The maximum absolute atomic E-state index is 12.3. The Morgan fingerprint density at radius 1 is 1.00 bits per heavy atom. The Morgan fingerprint density at radius 2 is 1.59 bits per heavy atom. The summed E-state index contributed by atoms with van der Waals surface area (Å²) in [5.74, 6) is -0.508. The van der Waals surface area contributed by atoms with E-state index in [1.165, 1.54) is 28.3 Å². The van der Waals surface area contributed by atoms with Gasteiger partial charge >= 0.3 is 11.7 Å². The van der Waals surface area contributed by atoms with Gasteiger partial charge in [-0.25, -0.2) is 4.79 Å². The third kappa shape index (κ3) is 4.84. The van der Waals surface area contributed by atoms with Crippen molar-refractivity contribution in [3.8, 4) is 11.5 Å². The average Bonchev–Trinajstić information content (AvgIpc) is 2.73. The number of ether oxygens (including phenoxy) is 3. The molecule has 0 bridgehead atoms. The van der Waals surface area contributed by atoms with Crippen LogP contribution in [-0.4, -0.2) is 41.7 Å². The number of aromatic nitrogens is 2. The summed E-state index contributed by atoms with van der Waals surface area (Å²) in [6.45, 7) is -0.655. The van der Waals surface area contributed by atoms with E-state index in [0.717, 1.165) is 14.7 Å². The summed E-state index contributed by atoms with van der Waals surface area (Å²) >= 11 is 0. The molecule has 0 aliphatic heterocycles. The van der Waals surface area contributed by atoms with E-state index in [9.17, 15) is 19.2 Å². The van der Waals surface area contributed by atoms with Crippen LogP contribution in [0.4, 0.5) is 5.82 Å². The van der Waals surface area contributed by atoms with Crippen LogP contribution in [-0.2, 0) is 30.0 Å². The standard InChI is InChI=1S/C19H23N3O7/c1-21-17(20)16(18(25)22(2)19(21)26)14(23)10-29-15(24)6-5-11-7-12(27-3)9-13(8-11)28-4/h7-9H,5-6,10,20H2,1-4H3. The Bertz CT molecular complexity index is 1030. The summed E-state index contributed by atoms with van der Waals surface area (Å²) in [6.07, 6.45) is 0.342. The molecule has 2 aromatic rings. The largest absolute Gasteiger partial charge is 0.497 e. The van der Waals surface area contributed by atoms with Gasteiger partial charge in [-0.05, 0) is 24.1 Å². The third-order valence-electron chi connectivity index (χ3n) is 4.38. The number of rotatable bonds is 8. The van der Waals surface area contributed by atoms with Gasteiger partial charge in [0.15, 0.2) is 6.61 Å². The fourth-order valence-corrected chi connectivity index (χ4v) is 2.67. The number of esters is 1. The first kappa shape index (κ1) is 21.7. The maximum atomic E-state index is 12.3. The van der Waals surface area contributed by atoms with Gasteiger partial charge in [0.05, 0.1) is 14.2 Å². The molecule has 29 heavy (non-hydrogen) atoms. The van der Waals surface area contributed by atoms with Crippen LogP contribution in [0.15, 0.2) is 27.8 Å². The van der Waals surface area contributed by atoms with Crippen LogP contribution < -0.4 is 26.5 Å². The number of methoxy groups -OCH3 is 2. The molecule has 0 spiro atoms. The van der Waals surface area contributed by atoms with Crippen molar-refractivity contribution in [3.05, 3.63) is 50.2 Å². The van der Waals surface area contributed by atoms with Crippen LogP contribution in [0.2, 0.25) is 0 Å². The molecule has 1 aromatic carbocycles. The zero-order valence-corrected chi connectivity index (χ0v) is 16.7. The maximum Gasteiger partial charge on any atom is 0.332 e. The van der Waals surface area contributed by atoms with Crippen LogP contribution >= 0.6 is 0 Å². The Morgan fingerprint density at radius 3 is 2.14 bits per heavy atom. The fourth-order valence-electron chi connectivity index (χ4n) is 2.67. The van der Waals surface area contributed by atoms with Crippen molar-refractivity contribution in [2.75, 3.05) is 26.6 Å². The number of nitrogens with two attached hydrogens (primary N) is 1. The summed E-state index contributed by atoms with van der Waals surface area (Å²) in [5, 5.41) is 0. The predicted molar refractivity (Wildman–Crippen MR) is 104 cm³/mol. The lowest BCUT2D eigenvalue weighted by molar-refractivity contribution is -0.142. The molecule has 10 nitrogen and oxygen atoms in total. The van der Waals surface area contributed by atoms with Crippen LogP contribution in [0.1, 0.15) is 22.3 Å². The van der Waals surface area contributed by atoms with Gasteiger partial charge in [-0.2, -0.15) is 0 Å². The molecule has 0 aliphatic carbocycles. The monoisotopic (exact) mass is 405 g/mol. The first-order valence-corrected chi connectivity index (χ1v) is 8.65. The highest BCUT2D eigenvalue weighted by molar-refractivity contribution is 6.01. The smallest absolute Gasteiger partial charge is 0.332 e. The molecule has 156 valence electrons. The van der Waals surface area contributed by atoms with E-state index in [0.29, 0.717) is 17.9 Å². The van der Waals surface area contributed by atoms with Gasteiger partial charge in [0.1, 0.15) is 22.9 Å². The minimum Gasteiger partial charge on any atom is -0.497 e. The molecule has 0 atom stereocenters. The van der Waals surface area contributed by atoms with Crippen molar-refractivity contribution in [1.82, 2.24) is 9.13 Å². The van der Waals surface area contributed by atoms with Crippen molar-refractivity contribution < 1.29 is 23.8 Å². The molecule has 1 heterocycles. The minimum absolute atomic E-state index is 0.00433. The average molecular weight is 405 g/mol. The van der Waals surface area contributed by atoms with E-state index in [2.05, 4.69) is 0 Å². The normalized spacial score (nSPS) is 10.5. The van der Waals surface area contributed by atoms with Gasteiger partial charge in [0, 0.05) is 26.6 Å². The predicted octanol–water partition coefficient (Wildman–Crippen LogP) is 0.0421. The number of carbonyl (C=O) groups is 2. The van der Waals surface area contributed by atoms with Crippen LogP contribution in [0.3, 0.4) is 0 Å². The topological polar surface area (TPSA) is 132 Å². The Hall–Kier alpha value is -3.56. The molecule has 0 saturated heterocycles. The quantitative estimate of drug-likeness (QED) is 0.481. The van der Waals surface area contributed by atoms with E-state index in [1.54, 1.807) is 18.2 Å². The molecular weight excluding hydrogens is 382 g/mol. The minimum atomic E-state index is -0.838. The second-order valence-electron chi connectivity index (χ2n) is 6.27. The second-order valence-corrected chi connectivity index (χ2v) is 6.27. The van der Waals surface area contributed by atoms with Gasteiger partial charge in [0.25, 0.3) is 5.56 Å². The fraction of sp³-hybridized carbons (Fsp3) is 0.368. The summed E-state index contributed by atoms with van der Waals surface area (Å²) in [7, 11) is 5.61. The number of hydrogen-bond acceptors (Lipinski definition) is 8. The molecule has 0 amide bonds. The lowest BCUT2D eigenvalue weighted by Gasteiger charge is -2.11. The van der Waals surface area contributed by atoms with Crippen molar-refractivity contribution >= 4 is 17.6 Å². The van der Waals surface area contributed by atoms with E-state index in [-0.39, 0.29) is 17.8 Å². The van der Waals surface area contributed by atoms with Crippen molar-refractivity contribution in [2.24, 2.45) is 14.1 Å². The van der Waals surface area contributed by atoms with Gasteiger partial charge in [-0.1, -0.05) is 0 Å². The third-order valence-corrected chi connectivity index (χ3v) is 4.38. The summed E-state index contributed by atoms with van der Waals surface area (Å²) in [6, 6.07) is 5.23. The molecule has 2 N–H and O–H groups in total. The van der Waals surface area contributed by atoms with Gasteiger partial charge in [-0.3, -0.25) is 23.5 Å². The first-order chi connectivity index (χ1) is 13.7. The SMILES string of the molecule is COc1cc(CCC(=O)OCC(=O)c2c(N)n(C)c(=O)n(C)c2=O)cc(OC)c1. The summed E-state index contributed by atoms with van der Waals surface area (Å²) < 4.78 is 17.1. The van der Waals surface area contributed by atoms with Crippen molar-refractivity contribution in [1.29, 1.82) is 0 Å². The number of Topliss-reactive ketones (excluding diaryl/α,β-unsaturated/α-hetero) is 1. The molecule has 0 unspecified atom stereocenters. The van der Waals surface area contributed by atoms with E-state index < -0.39 is 29.6 Å². The molecule has 10 heteroatoms. The molecule has 0 fully saturated rings. The highest BCUT2D eigenvalue weighted by Gasteiger charge is 2.21. The summed E-state index contributed by atoms with van der Waals surface area (Å²) in [5.41, 5.74) is 4.62. The second kappa shape index (κ2) is 9.09. The highest BCUT2D eigenvalue weighted by Crippen LogP contribution is 2.23. The number of carbonyl (C=O) groups excluding carboxylic acids is 2. The molecular formula is C19H23N3O7. The molecule has 0 radical (unpaired) electrons. The molecule has 2 rings (SSSR count). The van der Waals surface area contributed by atoms with Crippen molar-refractivity contribution in [2.45, 2.75) is 12.8 Å². The first-order valence-electron chi connectivity index (χ1n) is 8.65. The Kier molecular flexibility index (Phi) is 6.81. The highest BCUT2D eigenvalue weighted by atomic mass is 16.5. The molecule has 0 aliphatic rings. The summed E-state index contributed by atoms with van der Waals surface area (Å²) in [4.78, 5) is 48.3. The van der Waals surface area contributed by atoms with Gasteiger partial charge in [0.2, 0.25) is 5.78 Å². The number of anilines is 1. The van der Waals surface area contributed by atoms with E-state index in [4.69, 9.17) is 19.9 Å². The van der Waals surface area contributed by atoms with Crippen LogP contribution in [0, 0.1) is 0 Å². The van der Waals surface area contributed by atoms with Gasteiger partial charge in [-0.15, -0.1) is 0 Å². The van der Waals surface area contributed by atoms with Gasteiger partial charge < -0.3 is 19.9 Å². The lowest BCUT2D eigenvalue weighted by Crippen LogP contribution is -2.42. The van der Waals surface area contributed by atoms with E-state index in [1.807, 2.05) is 0 Å². The molecule has 0 saturated carbocycles. The molecule has 1 aromatic heterocycles. The Balaban J connectivity index is 2.03. The number of benzene rings is 1. The number of hydrogen-bond donors (Lipinski definition) is 1. The lowest BCUT2D eigenvalue weighted by atomic mass is 10.1. The van der Waals surface area contributed by atoms with E-state index >= 15 is 0 Å². The zero-order chi connectivity index (χ0) is 21.7.